The van der Waals surface area contributed by atoms with Crippen LogP contribution < -0.4 is 9.46 Å². The average molecular weight is 352 g/mol. The zero-order valence-corrected chi connectivity index (χ0v) is 15.1. The Morgan fingerprint density at radius 1 is 1.46 bits per heavy atom. The molecule has 3 atom stereocenters. The lowest BCUT2D eigenvalue weighted by atomic mass is 9.85. The maximum absolute atomic E-state index is 12.5. The Labute approximate surface area is 145 Å². The van der Waals surface area contributed by atoms with Crippen LogP contribution in [0.25, 0.3) is 0 Å². The minimum Gasteiger partial charge on any atom is -0.598 e. The number of benzene rings is 1. The van der Waals surface area contributed by atoms with Crippen LogP contribution in [0.3, 0.4) is 0 Å². The minimum atomic E-state index is -1.35. The second kappa shape index (κ2) is 6.13. The molecule has 3 rings (SSSR count). The molecule has 0 aromatic heterocycles. The molecule has 6 nitrogen and oxygen atoms in total. The molecule has 132 valence electrons. The van der Waals surface area contributed by atoms with Gasteiger partial charge in [-0.25, -0.2) is 4.79 Å². The standard InChI is InChI=1S/C17H24N2O4S/c1-16(2,3)24(22)18-14-11-17(8-9-19(14)15(20)21)10-12-6-4-5-7-13(12)23-17/h4-7,14,18H,8-11H2,1-3H3,(H,20,21). The van der Waals surface area contributed by atoms with Crippen molar-refractivity contribution < 1.29 is 19.2 Å². The van der Waals surface area contributed by atoms with Crippen molar-refractivity contribution in [3.05, 3.63) is 29.8 Å². The molecule has 1 aromatic rings. The van der Waals surface area contributed by atoms with Gasteiger partial charge in [0.05, 0.1) is 0 Å². The first-order chi connectivity index (χ1) is 11.2. The fourth-order valence-corrected chi connectivity index (χ4v) is 4.11. The lowest BCUT2D eigenvalue weighted by molar-refractivity contribution is -0.00910. The van der Waals surface area contributed by atoms with Crippen molar-refractivity contribution >= 4 is 17.5 Å². The van der Waals surface area contributed by atoms with Gasteiger partial charge in [-0.3, -0.25) is 4.90 Å². The summed E-state index contributed by atoms with van der Waals surface area (Å²) in [4.78, 5) is 12.9. The van der Waals surface area contributed by atoms with E-state index in [1.54, 1.807) is 0 Å². The summed E-state index contributed by atoms with van der Waals surface area (Å²) in [6, 6.07) is 7.92. The van der Waals surface area contributed by atoms with E-state index in [0.29, 0.717) is 19.4 Å². The van der Waals surface area contributed by atoms with Crippen LogP contribution in [-0.2, 0) is 17.8 Å². The van der Waals surface area contributed by atoms with Crippen molar-refractivity contribution in [1.82, 2.24) is 9.62 Å². The molecule has 0 radical (unpaired) electrons. The highest BCUT2D eigenvalue weighted by atomic mass is 32.2. The van der Waals surface area contributed by atoms with Crippen LogP contribution in [0.2, 0.25) is 0 Å². The maximum Gasteiger partial charge on any atom is 0.408 e. The predicted octanol–water partition coefficient (Wildman–Crippen LogP) is 2.51. The molecule has 1 spiro atoms. The van der Waals surface area contributed by atoms with Gasteiger partial charge in [-0.1, -0.05) is 18.2 Å². The molecule has 0 bridgehead atoms. The monoisotopic (exact) mass is 352 g/mol. The highest BCUT2D eigenvalue weighted by Crippen LogP contribution is 2.42. The van der Waals surface area contributed by atoms with Gasteiger partial charge in [0.2, 0.25) is 0 Å². The van der Waals surface area contributed by atoms with Gasteiger partial charge in [0, 0.05) is 37.2 Å². The molecular weight excluding hydrogens is 328 g/mol. The smallest absolute Gasteiger partial charge is 0.408 e. The summed E-state index contributed by atoms with van der Waals surface area (Å²) < 4.78 is 21.2. The summed E-state index contributed by atoms with van der Waals surface area (Å²) in [5, 5.41) is 9.48. The van der Waals surface area contributed by atoms with Crippen LogP contribution in [0.5, 0.6) is 5.75 Å². The van der Waals surface area contributed by atoms with E-state index in [4.69, 9.17) is 4.74 Å². The molecule has 1 aromatic carbocycles. The summed E-state index contributed by atoms with van der Waals surface area (Å²) in [5.74, 6) is 0.872. The molecular formula is C17H24N2O4S. The number of carbonyl (C=O) groups is 1. The zero-order chi connectivity index (χ0) is 17.5. The number of amides is 1. The van der Waals surface area contributed by atoms with Gasteiger partial charge >= 0.3 is 6.09 Å². The molecule has 0 aliphatic carbocycles. The van der Waals surface area contributed by atoms with Crippen molar-refractivity contribution in [1.29, 1.82) is 0 Å². The number of nitrogens with one attached hydrogen (secondary N) is 1. The van der Waals surface area contributed by atoms with E-state index in [1.807, 2.05) is 45.0 Å². The van der Waals surface area contributed by atoms with Crippen molar-refractivity contribution in [2.24, 2.45) is 0 Å². The van der Waals surface area contributed by atoms with Crippen LogP contribution in [0, 0.1) is 0 Å². The summed E-state index contributed by atoms with van der Waals surface area (Å²) >= 11 is -1.35. The lowest BCUT2D eigenvalue weighted by Gasteiger charge is -2.43. The van der Waals surface area contributed by atoms with Crippen LogP contribution in [-0.4, -0.2) is 43.7 Å². The number of hydrogen-bond acceptors (Lipinski definition) is 4. The topological polar surface area (TPSA) is 84.9 Å². The second-order valence-electron chi connectivity index (χ2n) is 7.51. The van der Waals surface area contributed by atoms with E-state index in [9.17, 15) is 14.5 Å². The first-order valence-corrected chi connectivity index (χ1v) is 9.30. The van der Waals surface area contributed by atoms with Crippen LogP contribution >= 0.6 is 0 Å². The number of hydrogen-bond donors (Lipinski definition) is 2. The van der Waals surface area contributed by atoms with E-state index < -0.39 is 34.0 Å². The Balaban J connectivity index is 1.79. The fourth-order valence-electron chi connectivity index (χ4n) is 3.30. The molecule has 1 saturated heterocycles. The molecule has 1 fully saturated rings. The van der Waals surface area contributed by atoms with Gasteiger partial charge in [0.15, 0.2) is 0 Å². The van der Waals surface area contributed by atoms with Crippen LogP contribution in [0.1, 0.15) is 39.2 Å². The van der Waals surface area contributed by atoms with Gasteiger partial charge in [0.1, 0.15) is 22.3 Å². The highest BCUT2D eigenvalue weighted by Gasteiger charge is 2.48. The Morgan fingerprint density at radius 3 is 2.79 bits per heavy atom. The number of piperidine rings is 1. The van der Waals surface area contributed by atoms with E-state index in [0.717, 1.165) is 17.7 Å². The van der Waals surface area contributed by atoms with Gasteiger partial charge in [-0.15, -0.1) is 4.72 Å². The molecule has 2 aliphatic rings. The van der Waals surface area contributed by atoms with E-state index in [-0.39, 0.29) is 0 Å². The third-order valence-electron chi connectivity index (χ3n) is 4.61. The van der Waals surface area contributed by atoms with Crippen molar-refractivity contribution in [3.63, 3.8) is 0 Å². The summed E-state index contributed by atoms with van der Waals surface area (Å²) in [6.45, 7) is 5.95. The predicted molar refractivity (Wildman–Crippen MR) is 92.3 cm³/mol. The first kappa shape index (κ1) is 17.4. The Morgan fingerprint density at radius 2 is 2.17 bits per heavy atom. The lowest BCUT2D eigenvalue weighted by Crippen LogP contribution is -2.61. The number of likely N-dealkylation sites (tertiary alicyclic amines) is 1. The Hall–Kier alpha value is -1.44. The second-order valence-corrected chi connectivity index (χ2v) is 9.51. The summed E-state index contributed by atoms with van der Waals surface area (Å²) in [6.07, 6.45) is 0.357. The Kier molecular flexibility index (Phi) is 4.44. The van der Waals surface area contributed by atoms with Gasteiger partial charge in [0.25, 0.3) is 0 Å². The minimum absolute atomic E-state index is 0.363. The number of ether oxygens (including phenoxy) is 1. The molecule has 2 N–H and O–H groups in total. The molecule has 0 saturated carbocycles. The number of nitrogens with zero attached hydrogens (tertiary/aromatic N) is 1. The fraction of sp³-hybridized carbons (Fsp3) is 0.588. The number of carboxylic acid groups (broad SMARTS) is 1. The SMILES string of the molecule is CC(C)(C)[S+]([O-])NC1CC2(CCN1C(=O)O)Cc1ccccc1O2. The molecule has 2 heterocycles. The average Bonchev–Trinajstić information content (AvgIpc) is 2.83. The third kappa shape index (κ3) is 3.34. The van der Waals surface area contributed by atoms with Gasteiger partial charge in [-0.05, 0) is 32.4 Å². The maximum atomic E-state index is 12.5. The van der Waals surface area contributed by atoms with Crippen molar-refractivity contribution in [2.75, 3.05) is 6.54 Å². The summed E-state index contributed by atoms with van der Waals surface area (Å²) in [5.41, 5.74) is 0.729. The summed E-state index contributed by atoms with van der Waals surface area (Å²) in [7, 11) is 0. The molecule has 1 amide bonds. The molecule has 7 heteroatoms. The quantitative estimate of drug-likeness (QED) is 0.799. The molecule has 24 heavy (non-hydrogen) atoms. The normalized spacial score (nSPS) is 27.7. The van der Waals surface area contributed by atoms with Crippen molar-refractivity contribution in [3.8, 4) is 5.75 Å². The Bertz CT molecular complexity index is 606. The largest absolute Gasteiger partial charge is 0.598 e. The molecule has 3 unspecified atom stereocenters. The van der Waals surface area contributed by atoms with Gasteiger partial charge < -0.3 is 14.4 Å². The third-order valence-corrected chi connectivity index (χ3v) is 6.21. The number of para-hydroxylation sites is 1. The van der Waals surface area contributed by atoms with E-state index >= 15 is 0 Å². The highest BCUT2D eigenvalue weighted by molar-refractivity contribution is 7.90. The first-order valence-electron chi connectivity index (χ1n) is 8.15. The van der Waals surface area contributed by atoms with E-state index in [1.165, 1.54) is 4.90 Å². The van der Waals surface area contributed by atoms with Crippen LogP contribution in [0.15, 0.2) is 24.3 Å². The van der Waals surface area contributed by atoms with Crippen LogP contribution in [0.4, 0.5) is 4.79 Å². The zero-order valence-electron chi connectivity index (χ0n) is 14.2. The number of rotatable bonds is 2. The molecule has 2 aliphatic heterocycles. The van der Waals surface area contributed by atoms with Gasteiger partial charge in [-0.2, -0.15) is 0 Å². The van der Waals surface area contributed by atoms with Crippen molar-refractivity contribution in [2.45, 2.75) is 56.5 Å². The number of fused-ring (bicyclic) bond motifs is 1. The van der Waals surface area contributed by atoms with E-state index in [2.05, 4.69) is 4.72 Å².